The molecule has 0 aliphatic heterocycles. The van der Waals surface area contributed by atoms with Crippen molar-refractivity contribution in [2.45, 2.75) is 19.5 Å². The molecule has 0 aromatic carbocycles. The molecule has 2 heterocycles. The summed E-state index contributed by atoms with van der Waals surface area (Å²) in [5.74, 6) is 0.345. The van der Waals surface area contributed by atoms with Crippen molar-refractivity contribution in [1.82, 2.24) is 25.1 Å². The number of aromatic nitrogens is 4. The summed E-state index contributed by atoms with van der Waals surface area (Å²) in [4.78, 5) is 14.8. The number of hydrogen-bond donors (Lipinski definition) is 2. The molecule has 0 saturated carbocycles. The first-order valence-corrected chi connectivity index (χ1v) is 6.41. The van der Waals surface area contributed by atoms with Gasteiger partial charge in [-0.2, -0.15) is 5.26 Å². The number of nitriles is 1. The third kappa shape index (κ3) is 3.46. The van der Waals surface area contributed by atoms with Crippen LogP contribution in [0.5, 0.6) is 0 Å². The first-order chi connectivity index (χ1) is 10.2. The summed E-state index contributed by atoms with van der Waals surface area (Å²) in [6.07, 6.45) is 3.08. The number of hydrogen-bond acceptors (Lipinski definition) is 5. The Hall–Kier alpha value is -2.66. The van der Waals surface area contributed by atoms with Crippen LogP contribution in [0.1, 0.15) is 34.8 Å². The van der Waals surface area contributed by atoms with Gasteiger partial charge >= 0.3 is 0 Å². The largest absolute Gasteiger partial charge is 0.383 e. The maximum absolute atomic E-state index is 12.1. The van der Waals surface area contributed by atoms with Crippen molar-refractivity contribution in [3.8, 4) is 6.07 Å². The Bertz CT molecular complexity index is 654. The average Bonchev–Trinajstić information content (AvgIpc) is 3.13. The molecule has 2 aromatic rings. The molecule has 2 aromatic heterocycles. The molecule has 1 atom stereocenters. The van der Waals surface area contributed by atoms with E-state index in [1.807, 2.05) is 17.6 Å². The molecule has 0 spiro atoms. The molecule has 2 N–H and O–H groups in total. The molecule has 0 radical (unpaired) electrons. The number of amides is 1. The van der Waals surface area contributed by atoms with Crippen LogP contribution in [-0.2, 0) is 11.3 Å². The molecule has 0 bridgehead atoms. The van der Waals surface area contributed by atoms with Gasteiger partial charge in [-0.1, -0.05) is 0 Å². The number of ether oxygens (including phenoxy) is 1. The summed E-state index contributed by atoms with van der Waals surface area (Å²) in [6, 6.07) is 3.15. The fourth-order valence-electron chi connectivity index (χ4n) is 1.89. The van der Waals surface area contributed by atoms with Crippen LogP contribution in [0.25, 0.3) is 0 Å². The van der Waals surface area contributed by atoms with Gasteiger partial charge in [0.15, 0.2) is 5.82 Å². The van der Waals surface area contributed by atoms with Crippen LogP contribution in [-0.4, -0.2) is 39.4 Å². The quantitative estimate of drug-likeness (QED) is 0.809. The predicted molar refractivity (Wildman–Crippen MR) is 73.3 cm³/mol. The van der Waals surface area contributed by atoms with Crippen molar-refractivity contribution in [1.29, 1.82) is 5.26 Å². The Kier molecular flexibility index (Phi) is 4.68. The van der Waals surface area contributed by atoms with Crippen molar-refractivity contribution >= 4 is 5.91 Å². The van der Waals surface area contributed by atoms with Crippen molar-refractivity contribution in [2.24, 2.45) is 0 Å². The number of methoxy groups -OCH3 is 1. The van der Waals surface area contributed by atoms with Gasteiger partial charge in [-0.25, -0.2) is 0 Å². The van der Waals surface area contributed by atoms with E-state index in [4.69, 9.17) is 10.00 Å². The van der Waals surface area contributed by atoms with E-state index in [1.54, 1.807) is 13.4 Å². The zero-order valence-electron chi connectivity index (χ0n) is 11.8. The van der Waals surface area contributed by atoms with Crippen LogP contribution in [0.3, 0.4) is 0 Å². The second kappa shape index (κ2) is 6.67. The lowest BCUT2D eigenvalue weighted by molar-refractivity contribution is 0.0932. The zero-order valence-corrected chi connectivity index (χ0v) is 11.8. The highest BCUT2D eigenvalue weighted by molar-refractivity contribution is 5.93. The van der Waals surface area contributed by atoms with Crippen LogP contribution in [0.2, 0.25) is 0 Å². The van der Waals surface area contributed by atoms with Crippen LogP contribution in [0.15, 0.2) is 18.6 Å². The van der Waals surface area contributed by atoms with Crippen LogP contribution in [0, 0.1) is 11.3 Å². The second-order valence-corrected chi connectivity index (χ2v) is 4.48. The zero-order chi connectivity index (χ0) is 15.2. The summed E-state index contributed by atoms with van der Waals surface area (Å²) in [6.45, 7) is 2.97. The second-order valence-electron chi connectivity index (χ2n) is 4.48. The number of carbonyl (C=O) groups is 1. The van der Waals surface area contributed by atoms with Crippen LogP contribution >= 0.6 is 0 Å². The maximum Gasteiger partial charge on any atom is 0.268 e. The lowest BCUT2D eigenvalue weighted by atomic mass is 10.2. The molecule has 0 saturated heterocycles. The topological polar surface area (TPSA) is 109 Å². The molecule has 110 valence electrons. The lowest BCUT2D eigenvalue weighted by Crippen LogP contribution is -2.29. The first kappa shape index (κ1) is 14.7. The Morgan fingerprint density at radius 2 is 2.48 bits per heavy atom. The number of nitrogens with one attached hydrogen (secondary N) is 2. The van der Waals surface area contributed by atoms with Gasteiger partial charge in [0, 0.05) is 19.9 Å². The summed E-state index contributed by atoms with van der Waals surface area (Å²) >= 11 is 0. The van der Waals surface area contributed by atoms with Crippen molar-refractivity contribution in [3.05, 3.63) is 35.7 Å². The van der Waals surface area contributed by atoms with Gasteiger partial charge in [-0.15, -0.1) is 10.2 Å². The maximum atomic E-state index is 12.1. The molecule has 1 amide bonds. The standard InChI is InChI=1S/C13H16N6O2/c1-9(12-18-16-8-19(12)3-4-21-2)17-13(20)11-5-10(6-14)7-15-11/h5,7-9,15H,3-4H2,1-2H3,(H,17,20). The highest BCUT2D eigenvalue weighted by atomic mass is 16.5. The molecule has 2 rings (SSSR count). The number of nitrogens with zero attached hydrogens (tertiary/aromatic N) is 4. The summed E-state index contributed by atoms with van der Waals surface area (Å²) < 4.78 is 6.84. The molecule has 0 aliphatic carbocycles. The SMILES string of the molecule is COCCn1cnnc1C(C)NC(=O)c1cc(C#N)c[nH]1. The monoisotopic (exact) mass is 288 g/mol. The normalized spacial score (nSPS) is 11.9. The van der Waals surface area contributed by atoms with E-state index in [0.29, 0.717) is 30.2 Å². The third-order valence-corrected chi connectivity index (χ3v) is 2.97. The van der Waals surface area contributed by atoms with Gasteiger partial charge in [0.05, 0.1) is 18.2 Å². The molecule has 0 aliphatic rings. The van der Waals surface area contributed by atoms with E-state index < -0.39 is 0 Å². The van der Waals surface area contributed by atoms with Crippen LogP contribution in [0.4, 0.5) is 0 Å². The Balaban J connectivity index is 2.04. The minimum absolute atomic E-state index is 0.301. The summed E-state index contributed by atoms with van der Waals surface area (Å²) in [7, 11) is 1.62. The minimum atomic E-state index is -0.314. The number of aromatic amines is 1. The first-order valence-electron chi connectivity index (χ1n) is 6.41. The summed E-state index contributed by atoms with van der Waals surface area (Å²) in [5, 5.41) is 19.4. The van der Waals surface area contributed by atoms with Crippen molar-refractivity contribution in [2.75, 3.05) is 13.7 Å². The lowest BCUT2D eigenvalue weighted by Gasteiger charge is -2.14. The Morgan fingerprint density at radius 1 is 1.67 bits per heavy atom. The van der Waals surface area contributed by atoms with Gasteiger partial charge in [0.25, 0.3) is 5.91 Å². The van der Waals surface area contributed by atoms with E-state index in [-0.39, 0.29) is 11.9 Å². The van der Waals surface area contributed by atoms with Crippen molar-refractivity contribution in [3.63, 3.8) is 0 Å². The Labute approximate surface area is 121 Å². The molecule has 8 nitrogen and oxygen atoms in total. The highest BCUT2D eigenvalue weighted by Gasteiger charge is 2.17. The number of carbonyl (C=O) groups excluding carboxylic acids is 1. The van der Waals surface area contributed by atoms with E-state index in [1.165, 1.54) is 12.3 Å². The summed E-state index contributed by atoms with van der Waals surface area (Å²) in [5.41, 5.74) is 0.748. The molecule has 21 heavy (non-hydrogen) atoms. The third-order valence-electron chi connectivity index (χ3n) is 2.97. The van der Waals surface area contributed by atoms with E-state index in [0.717, 1.165) is 0 Å². The minimum Gasteiger partial charge on any atom is -0.383 e. The van der Waals surface area contributed by atoms with Crippen LogP contribution < -0.4 is 5.32 Å². The van der Waals surface area contributed by atoms with E-state index in [9.17, 15) is 4.79 Å². The number of rotatable bonds is 6. The Morgan fingerprint density at radius 3 is 3.14 bits per heavy atom. The van der Waals surface area contributed by atoms with Gasteiger partial charge in [-0.05, 0) is 13.0 Å². The van der Waals surface area contributed by atoms with Gasteiger partial charge in [0.1, 0.15) is 18.1 Å². The number of H-pyrrole nitrogens is 1. The van der Waals surface area contributed by atoms with E-state index in [2.05, 4.69) is 20.5 Å². The van der Waals surface area contributed by atoms with Gasteiger partial charge in [-0.3, -0.25) is 4.79 Å². The molecule has 8 heteroatoms. The predicted octanol–water partition coefficient (Wildman–Crippen LogP) is 0.615. The molecule has 1 unspecified atom stereocenters. The molecular weight excluding hydrogens is 272 g/mol. The van der Waals surface area contributed by atoms with Crippen molar-refractivity contribution < 1.29 is 9.53 Å². The molecular formula is C13H16N6O2. The molecule has 0 fully saturated rings. The van der Waals surface area contributed by atoms with Gasteiger partial charge < -0.3 is 19.6 Å². The smallest absolute Gasteiger partial charge is 0.268 e. The fourth-order valence-corrected chi connectivity index (χ4v) is 1.89. The van der Waals surface area contributed by atoms with E-state index >= 15 is 0 Å². The highest BCUT2D eigenvalue weighted by Crippen LogP contribution is 2.10. The average molecular weight is 288 g/mol. The van der Waals surface area contributed by atoms with Gasteiger partial charge in [0.2, 0.25) is 0 Å². The fraction of sp³-hybridized carbons (Fsp3) is 0.385.